The molecule has 0 unspecified atom stereocenters. The van der Waals surface area contributed by atoms with E-state index in [0.717, 1.165) is 0 Å². The van der Waals surface area contributed by atoms with Crippen LogP contribution in [0.2, 0.25) is 0 Å². The van der Waals surface area contributed by atoms with Gasteiger partial charge in [0.25, 0.3) is 11.8 Å². The molecule has 6 heteroatoms. The van der Waals surface area contributed by atoms with Gasteiger partial charge in [-0.3, -0.25) is 15.0 Å². The molecule has 1 rings (SSSR count). The number of carbonyl (C=O) groups is 2. The minimum Gasteiger partial charge on any atom is -0.366 e. The highest BCUT2D eigenvalue weighted by molar-refractivity contribution is 6.50. The number of primary amides is 2. The molecule has 0 aromatic heterocycles. The Balaban J connectivity index is 3.11. The molecule has 1 aliphatic heterocycles. The fraction of sp³-hybridized carbons (Fsp3) is 0. The van der Waals surface area contributed by atoms with E-state index >= 15 is 0 Å². The van der Waals surface area contributed by atoms with E-state index < -0.39 is 11.8 Å². The summed E-state index contributed by atoms with van der Waals surface area (Å²) in [5.74, 6) is -1.55. The van der Waals surface area contributed by atoms with Gasteiger partial charge in [-0.1, -0.05) is 0 Å². The Morgan fingerprint density at radius 1 is 1.31 bits per heavy atom. The molecule has 0 fully saturated rings. The fourth-order valence-corrected chi connectivity index (χ4v) is 0.815. The number of hydrazone groups is 1. The van der Waals surface area contributed by atoms with Crippen molar-refractivity contribution in [3.05, 3.63) is 23.9 Å². The van der Waals surface area contributed by atoms with Gasteiger partial charge in [-0.15, -0.1) is 0 Å². The van der Waals surface area contributed by atoms with Crippen molar-refractivity contribution in [2.24, 2.45) is 16.6 Å². The van der Waals surface area contributed by atoms with Crippen LogP contribution in [0.3, 0.4) is 0 Å². The molecule has 0 radical (unpaired) electrons. The Bertz CT molecular complexity index is 340. The van der Waals surface area contributed by atoms with Crippen LogP contribution in [0.4, 0.5) is 0 Å². The van der Waals surface area contributed by atoms with Crippen LogP contribution >= 0.6 is 0 Å². The Morgan fingerprint density at radius 3 is 2.54 bits per heavy atom. The monoisotopic (exact) mass is 180 g/mol. The third-order valence-electron chi connectivity index (χ3n) is 1.36. The van der Waals surface area contributed by atoms with Crippen LogP contribution in [-0.4, -0.2) is 17.5 Å². The van der Waals surface area contributed by atoms with Crippen LogP contribution in [0.5, 0.6) is 0 Å². The summed E-state index contributed by atoms with van der Waals surface area (Å²) >= 11 is 0. The van der Waals surface area contributed by atoms with Gasteiger partial charge in [0.2, 0.25) is 0 Å². The summed E-state index contributed by atoms with van der Waals surface area (Å²) in [4.78, 5) is 21.6. The molecular formula is C7H8N4O2. The van der Waals surface area contributed by atoms with Crippen molar-refractivity contribution < 1.29 is 9.59 Å². The minimum atomic E-state index is -0.804. The predicted octanol–water partition coefficient (Wildman–Crippen LogP) is -1.64. The molecule has 0 aromatic carbocycles. The second kappa shape index (κ2) is 3.53. The highest BCUT2D eigenvalue weighted by atomic mass is 16.2. The number of nitrogens with one attached hydrogen (secondary N) is 1. The summed E-state index contributed by atoms with van der Waals surface area (Å²) in [5.41, 5.74) is 12.2. The number of rotatable bonds is 2. The van der Waals surface area contributed by atoms with Gasteiger partial charge < -0.3 is 11.5 Å². The number of allylic oxidation sites excluding steroid dienone is 2. The van der Waals surface area contributed by atoms with E-state index in [2.05, 4.69) is 10.5 Å². The number of hydrogen-bond acceptors (Lipinski definition) is 4. The smallest absolute Gasteiger partial charge is 0.269 e. The predicted molar refractivity (Wildman–Crippen MR) is 46.2 cm³/mol. The SMILES string of the molecule is NC(=O)C1=CC=CNN=C1C(N)=O. The molecule has 6 nitrogen and oxygen atoms in total. The maximum atomic E-state index is 10.8. The second-order valence-electron chi connectivity index (χ2n) is 2.26. The van der Waals surface area contributed by atoms with Gasteiger partial charge in [0.1, 0.15) is 0 Å². The molecule has 1 heterocycles. The number of carbonyl (C=O) groups excluding carboxylic acids is 2. The van der Waals surface area contributed by atoms with E-state index in [1.54, 1.807) is 0 Å². The van der Waals surface area contributed by atoms with Gasteiger partial charge in [-0.25, -0.2) is 0 Å². The third-order valence-corrected chi connectivity index (χ3v) is 1.36. The van der Waals surface area contributed by atoms with Crippen molar-refractivity contribution in [2.45, 2.75) is 0 Å². The zero-order valence-corrected chi connectivity index (χ0v) is 6.65. The first kappa shape index (κ1) is 8.98. The maximum Gasteiger partial charge on any atom is 0.269 e. The minimum absolute atomic E-state index is 0.00579. The standard InChI is InChI=1S/C7H8N4O2/c8-6(12)4-2-1-3-10-11-5(4)7(9)13/h1-3,10H,(H2,8,12)(H2,9,13). The number of nitrogens with zero attached hydrogens (tertiary/aromatic N) is 1. The summed E-state index contributed by atoms with van der Waals surface area (Å²) in [6.07, 6.45) is 4.31. The van der Waals surface area contributed by atoms with Crippen molar-refractivity contribution in [3.8, 4) is 0 Å². The Labute approximate surface area is 74.0 Å². The third kappa shape index (κ3) is 1.92. The molecule has 1 aliphatic rings. The maximum absolute atomic E-state index is 10.8. The average Bonchev–Trinajstić information content (AvgIpc) is 2.27. The van der Waals surface area contributed by atoms with Crippen molar-refractivity contribution in [1.29, 1.82) is 0 Å². The lowest BCUT2D eigenvalue weighted by molar-refractivity contribution is -0.115. The van der Waals surface area contributed by atoms with Gasteiger partial charge in [0.15, 0.2) is 5.71 Å². The van der Waals surface area contributed by atoms with E-state index in [9.17, 15) is 9.59 Å². The number of hydrogen-bond donors (Lipinski definition) is 3. The molecule has 0 atom stereocenters. The highest BCUT2D eigenvalue weighted by Crippen LogP contribution is 2.00. The van der Waals surface area contributed by atoms with Crippen LogP contribution in [0, 0.1) is 0 Å². The molecule has 2 amide bonds. The van der Waals surface area contributed by atoms with Gasteiger partial charge in [0, 0.05) is 6.20 Å². The van der Waals surface area contributed by atoms with E-state index in [4.69, 9.17) is 11.5 Å². The summed E-state index contributed by atoms with van der Waals surface area (Å²) in [6, 6.07) is 0. The largest absolute Gasteiger partial charge is 0.366 e. The van der Waals surface area contributed by atoms with Crippen molar-refractivity contribution in [2.75, 3.05) is 0 Å². The van der Waals surface area contributed by atoms with Gasteiger partial charge in [0.05, 0.1) is 5.57 Å². The molecule has 0 aliphatic carbocycles. The van der Waals surface area contributed by atoms with Crippen LogP contribution in [0.1, 0.15) is 0 Å². The van der Waals surface area contributed by atoms with Crippen molar-refractivity contribution in [1.82, 2.24) is 5.43 Å². The first-order valence-electron chi connectivity index (χ1n) is 3.43. The molecule has 0 saturated carbocycles. The van der Waals surface area contributed by atoms with E-state index in [1.807, 2.05) is 0 Å². The quantitative estimate of drug-likeness (QED) is 0.473. The normalized spacial score (nSPS) is 15.1. The molecule has 0 spiro atoms. The second-order valence-corrected chi connectivity index (χ2v) is 2.26. The van der Waals surface area contributed by atoms with Crippen molar-refractivity contribution >= 4 is 17.5 Å². The number of amides is 2. The molecule has 0 aromatic rings. The molecule has 0 bridgehead atoms. The molecule has 5 N–H and O–H groups in total. The topological polar surface area (TPSA) is 111 Å². The molecular weight excluding hydrogens is 172 g/mol. The van der Waals surface area contributed by atoms with Gasteiger partial charge in [-0.2, -0.15) is 5.10 Å². The van der Waals surface area contributed by atoms with Crippen LogP contribution in [0.15, 0.2) is 29.0 Å². The lowest BCUT2D eigenvalue weighted by Gasteiger charge is -2.00. The highest BCUT2D eigenvalue weighted by Gasteiger charge is 2.18. The molecule has 68 valence electrons. The first-order chi connectivity index (χ1) is 6.13. The summed E-state index contributed by atoms with van der Waals surface area (Å²) in [5, 5.41) is 3.56. The molecule has 0 saturated heterocycles. The van der Waals surface area contributed by atoms with E-state index in [-0.39, 0.29) is 11.3 Å². The lowest BCUT2D eigenvalue weighted by Crippen LogP contribution is -2.32. The Hall–Kier alpha value is -2.11. The Kier molecular flexibility index (Phi) is 2.44. The van der Waals surface area contributed by atoms with Crippen molar-refractivity contribution in [3.63, 3.8) is 0 Å². The van der Waals surface area contributed by atoms with Gasteiger partial charge >= 0.3 is 0 Å². The first-order valence-corrected chi connectivity index (χ1v) is 3.43. The lowest BCUT2D eigenvalue weighted by atomic mass is 10.1. The summed E-state index contributed by atoms with van der Waals surface area (Å²) < 4.78 is 0. The van der Waals surface area contributed by atoms with Gasteiger partial charge in [-0.05, 0) is 12.2 Å². The Morgan fingerprint density at radius 2 is 2.00 bits per heavy atom. The number of nitrogens with two attached hydrogens (primary N) is 2. The summed E-state index contributed by atoms with van der Waals surface area (Å²) in [6.45, 7) is 0. The van der Waals surface area contributed by atoms with Crippen LogP contribution in [0.25, 0.3) is 0 Å². The van der Waals surface area contributed by atoms with E-state index in [1.165, 1.54) is 18.4 Å². The zero-order chi connectivity index (χ0) is 9.84. The average molecular weight is 180 g/mol. The van der Waals surface area contributed by atoms with E-state index in [0.29, 0.717) is 0 Å². The fourth-order valence-electron chi connectivity index (χ4n) is 0.815. The van der Waals surface area contributed by atoms with Crippen LogP contribution in [-0.2, 0) is 9.59 Å². The zero-order valence-electron chi connectivity index (χ0n) is 6.65. The van der Waals surface area contributed by atoms with Crippen LogP contribution < -0.4 is 16.9 Å². The summed E-state index contributed by atoms with van der Waals surface area (Å²) in [7, 11) is 0. The molecule has 13 heavy (non-hydrogen) atoms.